The Morgan fingerprint density at radius 3 is 3.06 bits per heavy atom. The van der Waals surface area contributed by atoms with Gasteiger partial charge in [-0.2, -0.15) is 5.10 Å². The van der Waals surface area contributed by atoms with E-state index in [0.29, 0.717) is 11.4 Å². The van der Waals surface area contributed by atoms with Crippen LogP contribution in [0.15, 0.2) is 11.4 Å². The average molecular weight is 227 g/mol. The van der Waals surface area contributed by atoms with Gasteiger partial charge in [0.05, 0.1) is 11.8 Å². The molecule has 0 saturated heterocycles. The molecule has 8 heteroatoms. The van der Waals surface area contributed by atoms with Gasteiger partial charge < -0.3 is 21.0 Å². The third-order valence-corrected chi connectivity index (χ3v) is 1.86. The summed E-state index contributed by atoms with van der Waals surface area (Å²) in [6.07, 6.45) is 1.39. The second kappa shape index (κ2) is 5.12. The molecule has 1 heterocycles. The van der Waals surface area contributed by atoms with E-state index >= 15 is 0 Å². The number of ether oxygens (including phenoxy) is 1. The van der Waals surface area contributed by atoms with Crippen LogP contribution in [0.1, 0.15) is 5.56 Å². The summed E-state index contributed by atoms with van der Waals surface area (Å²) in [5.41, 5.74) is 5.76. The molecule has 1 amide bonds. The molecule has 88 valence electrons. The summed E-state index contributed by atoms with van der Waals surface area (Å²) in [5, 5.41) is 17.8. The molecule has 4 N–H and O–H groups in total. The normalized spacial score (nSPS) is 11.5. The van der Waals surface area contributed by atoms with Gasteiger partial charge in [0.1, 0.15) is 12.4 Å². The molecule has 0 aliphatic carbocycles. The van der Waals surface area contributed by atoms with Crippen molar-refractivity contribution in [2.75, 3.05) is 19.0 Å². The van der Waals surface area contributed by atoms with Crippen molar-refractivity contribution >= 4 is 17.6 Å². The van der Waals surface area contributed by atoms with Crippen LogP contribution >= 0.6 is 0 Å². The molecule has 8 nitrogen and oxygen atoms in total. The lowest BCUT2D eigenvalue weighted by atomic mass is 10.3. The number of carbonyl (C=O) groups is 1. The Hall–Kier alpha value is -2.09. The Balaban J connectivity index is 2.94. The predicted octanol–water partition coefficient (Wildman–Crippen LogP) is -0.901. The number of aromatic nitrogens is 2. The first kappa shape index (κ1) is 12.0. The summed E-state index contributed by atoms with van der Waals surface area (Å²) in [6.45, 7) is -0.0825. The summed E-state index contributed by atoms with van der Waals surface area (Å²) in [7, 11) is 3.03. The molecule has 0 atom stereocenters. The van der Waals surface area contributed by atoms with Gasteiger partial charge in [-0.1, -0.05) is 5.16 Å². The van der Waals surface area contributed by atoms with Crippen molar-refractivity contribution in [1.82, 2.24) is 9.78 Å². The van der Waals surface area contributed by atoms with Gasteiger partial charge in [-0.05, 0) is 0 Å². The first-order valence-corrected chi connectivity index (χ1v) is 4.38. The lowest BCUT2D eigenvalue weighted by molar-refractivity contribution is -0.119. The Labute approximate surface area is 91.7 Å². The van der Waals surface area contributed by atoms with E-state index < -0.39 is 0 Å². The highest BCUT2D eigenvalue weighted by atomic mass is 16.5. The topological polar surface area (TPSA) is 115 Å². The lowest BCUT2D eigenvalue weighted by Gasteiger charge is -2.06. The molecule has 0 spiro atoms. The number of anilines is 1. The van der Waals surface area contributed by atoms with Crippen molar-refractivity contribution in [3.8, 4) is 0 Å². The van der Waals surface area contributed by atoms with Gasteiger partial charge in [0.25, 0.3) is 5.91 Å². The third kappa shape index (κ3) is 2.48. The van der Waals surface area contributed by atoms with E-state index in [0.717, 1.165) is 0 Å². The Bertz CT molecular complexity index is 412. The van der Waals surface area contributed by atoms with Crippen molar-refractivity contribution in [1.29, 1.82) is 0 Å². The van der Waals surface area contributed by atoms with Crippen molar-refractivity contribution < 1.29 is 14.7 Å². The fourth-order valence-corrected chi connectivity index (χ4v) is 1.13. The van der Waals surface area contributed by atoms with Crippen LogP contribution in [0.5, 0.6) is 0 Å². The van der Waals surface area contributed by atoms with Crippen molar-refractivity contribution in [3.63, 3.8) is 0 Å². The number of hydrogen-bond donors (Lipinski definition) is 3. The standard InChI is InChI=1S/C8H13N5O3/c1-13-8(11-6(14)4-16-2)5(3-10-13)7(9)12-15/h3,15H,4H2,1-2H3,(H2,9,12)(H,11,14). The molecule has 0 fully saturated rings. The number of amides is 1. The number of methoxy groups -OCH3 is 1. The number of carbonyl (C=O) groups excluding carboxylic acids is 1. The highest BCUT2D eigenvalue weighted by Crippen LogP contribution is 2.13. The molecule has 16 heavy (non-hydrogen) atoms. The molecule has 0 unspecified atom stereocenters. The molecule has 0 aliphatic rings. The fourth-order valence-electron chi connectivity index (χ4n) is 1.13. The van der Waals surface area contributed by atoms with E-state index in [1.165, 1.54) is 18.0 Å². The van der Waals surface area contributed by atoms with Crippen molar-refractivity contribution in [2.24, 2.45) is 17.9 Å². The predicted molar refractivity (Wildman–Crippen MR) is 56.2 cm³/mol. The number of aryl methyl sites for hydroxylation is 1. The smallest absolute Gasteiger partial charge is 0.251 e. The van der Waals surface area contributed by atoms with Gasteiger partial charge in [0.15, 0.2) is 5.84 Å². The van der Waals surface area contributed by atoms with E-state index in [1.54, 1.807) is 7.05 Å². The quantitative estimate of drug-likeness (QED) is 0.267. The van der Waals surface area contributed by atoms with Crippen LogP contribution in [0.2, 0.25) is 0 Å². The summed E-state index contributed by atoms with van der Waals surface area (Å²) in [4.78, 5) is 11.3. The number of nitrogens with two attached hydrogens (primary N) is 1. The minimum atomic E-state index is -0.349. The van der Waals surface area contributed by atoms with Crippen LogP contribution in [0.25, 0.3) is 0 Å². The Kier molecular flexibility index (Phi) is 3.84. The first-order valence-electron chi connectivity index (χ1n) is 4.38. The van der Waals surface area contributed by atoms with Crippen LogP contribution in [0.4, 0.5) is 5.82 Å². The Morgan fingerprint density at radius 2 is 2.50 bits per heavy atom. The zero-order valence-corrected chi connectivity index (χ0v) is 8.97. The SMILES string of the molecule is COCC(=O)Nc1c(C(N)=NO)cnn1C. The highest BCUT2D eigenvalue weighted by molar-refractivity contribution is 6.04. The van der Waals surface area contributed by atoms with Crippen LogP contribution in [0, 0.1) is 0 Å². The number of rotatable bonds is 4. The van der Waals surface area contributed by atoms with E-state index in [2.05, 4.69) is 20.3 Å². The molecule has 1 rings (SSSR count). The summed E-state index contributed by atoms with van der Waals surface area (Å²) < 4.78 is 6.07. The van der Waals surface area contributed by atoms with Crippen LogP contribution in [-0.2, 0) is 16.6 Å². The molecular weight excluding hydrogens is 214 g/mol. The van der Waals surface area contributed by atoms with Crippen LogP contribution in [-0.4, -0.2) is 40.4 Å². The minimum absolute atomic E-state index is 0.0825. The van der Waals surface area contributed by atoms with Gasteiger partial charge >= 0.3 is 0 Å². The molecule has 1 aromatic rings. The van der Waals surface area contributed by atoms with Gasteiger partial charge in [0.2, 0.25) is 0 Å². The number of oxime groups is 1. The summed E-state index contributed by atoms with van der Waals surface area (Å²) in [5.74, 6) is -0.128. The molecule has 0 saturated carbocycles. The number of amidine groups is 1. The second-order valence-electron chi connectivity index (χ2n) is 3.00. The number of nitrogens with one attached hydrogen (secondary N) is 1. The third-order valence-electron chi connectivity index (χ3n) is 1.86. The largest absolute Gasteiger partial charge is 0.409 e. The fraction of sp³-hybridized carbons (Fsp3) is 0.375. The zero-order chi connectivity index (χ0) is 12.1. The van der Waals surface area contributed by atoms with E-state index in [-0.39, 0.29) is 18.3 Å². The van der Waals surface area contributed by atoms with E-state index in [9.17, 15) is 4.79 Å². The lowest BCUT2D eigenvalue weighted by Crippen LogP contribution is -2.22. The molecule has 0 aromatic carbocycles. The van der Waals surface area contributed by atoms with Crippen LogP contribution < -0.4 is 11.1 Å². The molecule has 0 aliphatic heterocycles. The monoisotopic (exact) mass is 227 g/mol. The van der Waals surface area contributed by atoms with Gasteiger partial charge in [0, 0.05) is 14.2 Å². The second-order valence-corrected chi connectivity index (χ2v) is 3.00. The van der Waals surface area contributed by atoms with Gasteiger partial charge in [-0.25, -0.2) is 0 Å². The maximum Gasteiger partial charge on any atom is 0.251 e. The van der Waals surface area contributed by atoms with Gasteiger partial charge in [-0.15, -0.1) is 0 Å². The van der Waals surface area contributed by atoms with Crippen molar-refractivity contribution in [2.45, 2.75) is 0 Å². The Morgan fingerprint density at radius 1 is 1.81 bits per heavy atom. The molecule has 1 aromatic heterocycles. The van der Waals surface area contributed by atoms with Crippen LogP contribution in [0.3, 0.4) is 0 Å². The van der Waals surface area contributed by atoms with Gasteiger partial charge in [-0.3, -0.25) is 9.48 Å². The van der Waals surface area contributed by atoms with E-state index in [4.69, 9.17) is 10.9 Å². The molecular formula is C8H13N5O3. The van der Waals surface area contributed by atoms with Crippen molar-refractivity contribution in [3.05, 3.63) is 11.8 Å². The van der Waals surface area contributed by atoms with E-state index in [1.807, 2.05) is 0 Å². The molecule has 0 bridgehead atoms. The summed E-state index contributed by atoms with van der Waals surface area (Å²) >= 11 is 0. The minimum Gasteiger partial charge on any atom is -0.409 e. The first-order chi connectivity index (χ1) is 7.60. The highest BCUT2D eigenvalue weighted by Gasteiger charge is 2.14. The average Bonchev–Trinajstić information content (AvgIpc) is 2.60. The number of hydrogen-bond acceptors (Lipinski definition) is 5. The molecule has 0 radical (unpaired) electrons. The zero-order valence-electron chi connectivity index (χ0n) is 8.97. The maximum atomic E-state index is 11.3. The number of nitrogens with zero attached hydrogens (tertiary/aromatic N) is 3. The summed E-state index contributed by atoms with van der Waals surface area (Å²) in [6, 6.07) is 0. The maximum absolute atomic E-state index is 11.3.